The molecule has 0 aliphatic heterocycles. The highest BCUT2D eigenvalue weighted by molar-refractivity contribution is 5.94. The second kappa shape index (κ2) is 7.57. The Morgan fingerprint density at radius 1 is 1.29 bits per heavy atom. The Morgan fingerprint density at radius 2 is 2.00 bits per heavy atom. The van der Waals surface area contributed by atoms with Gasteiger partial charge >= 0.3 is 0 Å². The first kappa shape index (κ1) is 16.0. The maximum absolute atomic E-state index is 12.3. The number of nitrogens with one attached hydrogen (secondary N) is 1. The molecule has 4 nitrogen and oxygen atoms in total. The van der Waals surface area contributed by atoms with Crippen molar-refractivity contribution in [1.82, 2.24) is 10.2 Å². The summed E-state index contributed by atoms with van der Waals surface area (Å²) < 4.78 is 0. The SMILES string of the molecule is CN(C)Cc1cccc(C(=O)NC2CCC(CO)CC2)c1. The number of carbonyl (C=O) groups excluding carboxylic acids is 1. The van der Waals surface area contributed by atoms with E-state index in [9.17, 15) is 4.79 Å². The molecule has 4 heteroatoms. The lowest BCUT2D eigenvalue weighted by molar-refractivity contribution is 0.0914. The van der Waals surface area contributed by atoms with E-state index in [-0.39, 0.29) is 18.6 Å². The molecule has 0 unspecified atom stereocenters. The first-order chi connectivity index (χ1) is 10.1. The van der Waals surface area contributed by atoms with E-state index in [2.05, 4.69) is 10.2 Å². The molecule has 1 fully saturated rings. The number of benzene rings is 1. The minimum absolute atomic E-state index is 0.0167. The molecule has 1 aromatic rings. The summed E-state index contributed by atoms with van der Waals surface area (Å²) in [6.07, 6.45) is 3.94. The number of aliphatic hydroxyl groups excluding tert-OH is 1. The number of amides is 1. The van der Waals surface area contributed by atoms with Gasteiger partial charge in [0.2, 0.25) is 0 Å². The van der Waals surface area contributed by atoms with E-state index in [0.717, 1.165) is 43.4 Å². The van der Waals surface area contributed by atoms with Crippen molar-refractivity contribution < 1.29 is 9.90 Å². The van der Waals surface area contributed by atoms with Crippen LogP contribution >= 0.6 is 0 Å². The number of hydrogen-bond acceptors (Lipinski definition) is 3. The standard InChI is InChI=1S/C17H26N2O2/c1-19(2)11-14-4-3-5-15(10-14)17(21)18-16-8-6-13(12-20)7-9-16/h3-5,10,13,16,20H,6-9,11-12H2,1-2H3,(H,18,21). The summed E-state index contributed by atoms with van der Waals surface area (Å²) in [5.41, 5.74) is 1.88. The van der Waals surface area contributed by atoms with Gasteiger partial charge in [-0.25, -0.2) is 0 Å². The average molecular weight is 290 g/mol. The maximum atomic E-state index is 12.3. The van der Waals surface area contributed by atoms with Crippen molar-refractivity contribution >= 4 is 5.91 Å². The average Bonchev–Trinajstić information content (AvgIpc) is 2.47. The Morgan fingerprint density at radius 3 is 2.62 bits per heavy atom. The lowest BCUT2D eigenvalue weighted by atomic mass is 9.86. The Balaban J connectivity index is 1.91. The molecule has 1 aliphatic carbocycles. The van der Waals surface area contributed by atoms with Crippen LogP contribution in [-0.4, -0.2) is 42.7 Å². The van der Waals surface area contributed by atoms with Crippen molar-refractivity contribution in [3.05, 3.63) is 35.4 Å². The van der Waals surface area contributed by atoms with Gasteiger partial charge in [-0.05, 0) is 63.4 Å². The lowest BCUT2D eigenvalue weighted by Gasteiger charge is -2.28. The van der Waals surface area contributed by atoms with Gasteiger partial charge in [0.15, 0.2) is 0 Å². The highest BCUT2D eigenvalue weighted by Gasteiger charge is 2.22. The molecule has 21 heavy (non-hydrogen) atoms. The van der Waals surface area contributed by atoms with Gasteiger partial charge < -0.3 is 15.3 Å². The van der Waals surface area contributed by atoms with Gasteiger partial charge in [0, 0.05) is 24.8 Å². The Kier molecular flexibility index (Phi) is 5.76. The number of nitrogens with zero attached hydrogens (tertiary/aromatic N) is 1. The minimum Gasteiger partial charge on any atom is -0.396 e. The van der Waals surface area contributed by atoms with Crippen LogP contribution < -0.4 is 5.32 Å². The molecule has 1 aliphatic rings. The second-order valence-electron chi connectivity index (χ2n) is 6.31. The molecular weight excluding hydrogens is 264 g/mol. The van der Waals surface area contributed by atoms with Crippen LogP contribution in [0.25, 0.3) is 0 Å². The molecule has 0 bridgehead atoms. The first-order valence-electron chi connectivity index (χ1n) is 7.74. The lowest BCUT2D eigenvalue weighted by Crippen LogP contribution is -2.38. The molecular formula is C17H26N2O2. The topological polar surface area (TPSA) is 52.6 Å². The van der Waals surface area contributed by atoms with Gasteiger partial charge in [-0.1, -0.05) is 12.1 Å². The van der Waals surface area contributed by atoms with Gasteiger partial charge in [-0.15, -0.1) is 0 Å². The van der Waals surface area contributed by atoms with Crippen molar-refractivity contribution in [3.8, 4) is 0 Å². The quantitative estimate of drug-likeness (QED) is 0.872. The zero-order valence-corrected chi connectivity index (χ0v) is 13.0. The van der Waals surface area contributed by atoms with E-state index in [1.54, 1.807) is 0 Å². The predicted octanol–water partition coefficient (Wildman–Crippen LogP) is 2.03. The van der Waals surface area contributed by atoms with E-state index < -0.39 is 0 Å². The van der Waals surface area contributed by atoms with Crippen LogP contribution in [0.5, 0.6) is 0 Å². The second-order valence-corrected chi connectivity index (χ2v) is 6.31. The fourth-order valence-corrected chi connectivity index (χ4v) is 2.93. The minimum atomic E-state index is 0.0167. The zero-order chi connectivity index (χ0) is 15.2. The molecule has 0 atom stereocenters. The Bertz CT molecular complexity index is 466. The number of rotatable bonds is 5. The van der Waals surface area contributed by atoms with Crippen LogP contribution in [0.3, 0.4) is 0 Å². The van der Waals surface area contributed by atoms with E-state index >= 15 is 0 Å². The summed E-state index contributed by atoms with van der Waals surface area (Å²) in [6.45, 7) is 1.11. The van der Waals surface area contributed by atoms with E-state index in [1.165, 1.54) is 0 Å². The molecule has 0 saturated heterocycles. The summed E-state index contributed by atoms with van der Waals surface area (Å²) in [5.74, 6) is 0.435. The summed E-state index contributed by atoms with van der Waals surface area (Å²) in [5, 5.41) is 12.3. The molecule has 1 aromatic carbocycles. The molecule has 0 aromatic heterocycles. The van der Waals surface area contributed by atoms with Gasteiger partial charge in [-0.3, -0.25) is 4.79 Å². The van der Waals surface area contributed by atoms with Crippen LogP contribution in [0.15, 0.2) is 24.3 Å². The molecule has 0 radical (unpaired) electrons. The number of hydrogen-bond donors (Lipinski definition) is 2. The van der Waals surface area contributed by atoms with Crippen molar-refractivity contribution in [2.24, 2.45) is 5.92 Å². The summed E-state index contributed by atoms with van der Waals surface area (Å²) in [7, 11) is 4.04. The summed E-state index contributed by atoms with van der Waals surface area (Å²) in [6, 6.07) is 8.07. The van der Waals surface area contributed by atoms with Crippen LogP contribution in [0.1, 0.15) is 41.6 Å². The van der Waals surface area contributed by atoms with Gasteiger partial charge in [-0.2, -0.15) is 0 Å². The van der Waals surface area contributed by atoms with Crippen LogP contribution in [0, 0.1) is 5.92 Å². The van der Waals surface area contributed by atoms with E-state index in [4.69, 9.17) is 5.11 Å². The predicted molar refractivity (Wildman–Crippen MR) is 84.1 cm³/mol. The van der Waals surface area contributed by atoms with Crippen molar-refractivity contribution in [1.29, 1.82) is 0 Å². The monoisotopic (exact) mass is 290 g/mol. The molecule has 2 N–H and O–H groups in total. The van der Waals surface area contributed by atoms with E-state index in [0.29, 0.717) is 5.92 Å². The van der Waals surface area contributed by atoms with Gasteiger partial charge in [0.25, 0.3) is 5.91 Å². The fraction of sp³-hybridized carbons (Fsp3) is 0.588. The molecule has 2 rings (SSSR count). The Labute approximate surface area is 127 Å². The number of aliphatic hydroxyl groups is 1. The van der Waals surface area contributed by atoms with E-state index in [1.807, 2.05) is 38.4 Å². The molecule has 1 amide bonds. The number of carbonyl (C=O) groups is 1. The highest BCUT2D eigenvalue weighted by atomic mass is 16.3. The Hall–Kier alpha value is -1.39. The molecule has 1 saturated carbocycles. The maximum Gasteiger partial charge on any atom is 0.251 e. The third kappa shape index (κ3) is 4.83. The van der Waals surface area contributed by atoms with Crippen LogP contribution in [0.4, 0.5) is 0 Å². The van der Waals surface area contributed by atoms with Gasteiger partial charge in [0.05, 0.1) is 0 Å². The third-order valence-electron chi connectivity index (χ3n) is 4.13. The van der Waals surface area contributed by atoms with Crippen molar-refractivity contribution in [2.45, 2.75) is 38.3 Å². The fourth-order valence-electron chi connectivity index (χ4n) is 2.93. The molecule has 0 spiro atoms. The molecule has 116 valence electrons. The van der Waals surface area contributed by atoms with Crippen LogP contribution in [0.2, 0.25) is 0 Å². The molecule has 0 heterocycles. The van der Waals surface area contributed by atoms with Crippen molar-refractivity contribution in [2.75, 3.05) is 20.7 Å². The largest absolute Gasteiger partial charge is 0.396 e. The highest BCUT2D eigenvalue weighted by Crippen LogP contribution is 2.24. The first-order valence-corrected chi connectivity index (χ1v) is 7.74. The normalized spacial score (nSPS) is 22.3. The van der Waals surface area contributed by atoms with Crippen LogP contribution in [-0.2, 0) is 6.54 Å². The smallest absolute Gasteiger partial charge is 0.251 e. The summed E-state index contributed by atoms with van der Waals surface area (Å²) >= 11 is 0. The zero-order valence-electron chi connectivity index (χ0n) is 13.0. The van der Waals surface area contributed by atoms with Gasteiger partial charge in [0.1, 0.15) is 0 Å². The third-order valence-corrected chi connectivity index (χ3v) is 4.13. The summed E-state index contributed by atoms with van der Waals surface area (Å²) in [4.78, 5) is 14.4. The van der Waals surface area contributed by atoms with Crippen molar-refractivity contribution in [3.63, 3.8) is 0 Å².